The van der Waals surface area contributed by atoms with E-state index in [1.165, 1.54) is 12.1 Å². The third kappa shape index (κ3) is 3.75. The Balaban J connectivity index is 1.89. The molecular formula is C26H24N2O3. The molecule has 1 aliphatic carbocycles. The van der Waals surface area contributed by atoms with Gasteiger partial charge in [-0.2, -0.15) is 0 Å². The standard InChI is InChI=1S/C26H24N2O3/c1-3-7-18-15-24-23(16-22(18)17-10-12-19(13-11-17)28(30)31)20-8-5-6-9-21(20)25(24)26(29)27-14-4-2/h3,5-13,15-16,25H,4,14H2,1-2H3,(H,27,29). The van der Waals surface area contributed by atoms with E-state index in [0.717, 1.165) is 45.4 Å². The summed E-state index contributed by atoms with van der Waals surface area (Å²) in [6, 6.07) is 18.8. The second-order valence-electron chi connectivity index (χ2n) is 7.64. The van der Waals surface area contributed by atoms with Crippen LogP contribution in [-0.4, -0.2) is 17.4 Å². The maximum atomic E-state index is 13.1. The number of rotatable bonds is 6. The van der Waals surface area contributed by atoms with Crippen LogP contribution >= 0.6 is 0 Å². The first-order valence-electron chi connectivity index (χ1n) is 10.5. The van der Waals surface area contributed by atoms with Gasteiger partial charge >= 0.3 is 0 Å². The molecule has 0 saturated carbocycles. The number of non-ortho nitro benzene ring substituents is 1. The minimum absolute atomic E-state index is 0.0163. The van der Waals surface area contributed by atoms with E-state index in [0.29, 0.717) is 6.54 Å². The van der Waals surface area contributed by atoms with Crippen molar-refractivity contribution in [2.75, 3.05) is 6.54 Å². The van der Waals surface area contributed by atoms with Gasteiger partial charge in [-0.1, -0.05) is 43.3 Å². The second-order valence-corrected chi connectivity index (χ2v) is 7.64. The van der Waals surface area contributed by atoms with Crippen molar-refractivity contribution in [1.82, 2.24) is 5.32 Å². The molecule has 1 atom stereocenters. The first kappa shape index (κ1) is 20.5. The van der Waals surface area contributed by atoms with Crippen molar-refractivity contribution < 1.29 is 9.72 Å². The number of fused-ring (bicyclic) bond motifs is 3. The molecule has 1 aliphatic rings. The molecule has 0 aliphatic heterocycles. The Morgan fingerprint density at radius 1 is 1.03 bits per heavy atom. The van der Waals surface area contributed by atoms with Gasteiger partial charge in [0.15, 0.2) is 0 Å². The van der Waals surface area contributed by atoms with E-state index in [9.17, 15) is 14.9 Å². The molecule has 0 spiro atoms. The number of nitrogens with zero attached hydrogens (tertiary/aromatic N) is 1. The summed E-state index contributed by atoms with van der Waals surface area (Å²) in [5.41, 5.74) is 7.03. The number of hydrogen-bond donors (Lipinski definition) is 1. The first-order valence-corrected chi connectivity index (χ1v) is 10.5. The van der Waals surface area contributed by atoms with Gasteiger partial charge in [-0.15, -0.1) is 0 Å². The molecule has 5 nitrogen and oxygen atoms in total. The normalized spacial score (nSPS) is 14.3. The fourth-order valence-corrected chi connectivity index (χ4v) is 4.23. The van der Waals surface area contributed by atoms with E-state index in [4.69, 9.17) is 0 Å². The van der Waals surface area contributed by atoms with Crippen LogP contribution in [0.4, 0.5) is 5.69 Å². The van der Waals surface area contributed by atoms with Crippen molar-refractivity contribution in [1.29, 1.82) is 0 Å². The summed E-state index contributed by atoms with van der Waals surface area (Å²) in [6.07, 6.45) is 4.86. The quantitative estimate of drug-likeness (QED) is 0.403. The third-order valence-electron chi connectivity index (χ3n) is 5.64. The van der Waals surface area contributed by atoms with Crippen molar-refractivity contribution >= 4 is 17.7 Å². The minimum Gasteiger partial charge on any atom is -0.355 e. The van der Waals surface area contributed by atoms with Gasteiger partial charge in [0.05, 0.1) is 10.8 Å². The van der Waals surface area contributed by atoms with Gasteiger partial charge in [-0.3, -0.25) is 14.9 Å². The van der Waals surface area contributed by atoms with Gasteiger partial charge in [-0.05, 0) is 76.6 Å². The second kappa shape index (κ2) is 8.56. The number of carbonyl (C=O) groups is 1. The first-order chi connectivity index (χ1) is 15.0. The van der Waals surface area contributed by atoms with Crippen LogP contribution in [0.2, 0.25) is 0 Å². The summed E-state index contributed by atoms with van der Waals surface area (Å²) in [7, 11) is 0. The fourth-order valence-electron chi connectivity index (χ4n) is 4.23. The summed E-state index contributed by atoms with van der Waals surface area (Å²) in [5, 5.41) is 14.1. The zero-order valence-corrected chi connectivity index (χ0v) is 17.6. The van der Waals surface area contributed by atoms with Crippen molar-refractivity contribution in [2.45, 2.75) is 26.2 Å². The van der Waals surface area contributed by atoms with Gasteiger partial charge < -0.3 is 5.32 Å². The molecule has 1 unspecified atom stereocenters. The van der Waals surface area contributed by atoms with E-state index < -0.39 is 4.92 Å². The smallest absolute Gasteiger partial charge is 0.269 e. The summed E-state index contributed by atoms with van der Waals surface area (Å²) in [6.45, 7) is 4.64. The van der Waals surface area contributed by atoms with Gasteiger partial charge in [0.25, 0.3) is 5.69 Å². The Labute approximate surface area is 181 Å². The number of nitro groups is 1. The van der Waals surface area contributed by atoms with Crippen molar-refractivity contribution in [2.24, 2.45) is 0 Å². The van der Waals surface area contributed by atoms with Crippen LogP contribution in [0, 0.1) is 10.1 Å². The predicted octanol–water partition coefficient (Wildman–Crippen LogP) is 5.93. The maximum absolute atomic E-state index is 13.1. The number of hydrogen-bond acceptors (Lipinski definition) is 3. The summed E-state index contributed by atoms with van der Waals surface area (Å²) < 4.78 is 0. The lowest BCUT2D eigenvalue weighted by Gasteiger charge is -2.16. The molecule has 3 aromatic carbocycles. The van der Waals surface area contributed by atoms with E-state index >= 15 is 0 Å². The zero-order valence-electron chi connectivity index (χ0n) is 17.6. The average molecular weight is 412 g/mol. The molecule has 156 valence electrons. The Morgan fingerprint density at radius 3 is 2.45 bits per heavy atom. The lowest BCUT2D eigenvalue weighted by Crippen LogP contribution is -2.29. The van der Waals surface area contributed by atoms with Gasteiger partial charge in [0.2, 0.25) is 5.91 Å². The molecule has 0 bridgehead atoms. The van der Waals surface area contributed by atoms with Crippen LogP contribution in [-0.2, 0) is 4.79 Å². The Kier molecular flexibility index (Phi) is 5.67. The molecule has 3 aromatic rings. The predicted molar refractivity (Wildman–Crippen MR) is 124 cm³/mol. The van der Waals surface area contributed by atoms with E-state index in [2.05, 4.69) is 23.5 Å². The minimum atomic E-state index is -0.394. The lowest BCUT2D eigenvalue weighted by atomic mass is 9.90. The van der Waals surface area contributed by atoms with Gasteiger partial charge in [0, 0.05) is 18.7 Å². The van der Waals surface area contributed by atoms with E-state index in [-0.39, 0.29) is 17.5 Å². The molecule has 0 aromatic heterocycles. The Hall–Kier alpha value is -3.73. The van der Waals surface area contributed by atoms with E-state index in [1.807, 2.05) is 44.2 Å². The highest BCUT2D eigenvalue weighted by molar-refractivity contribution is 5.98. The number of nitro benzene ring substituents is 1. The molecular weight excluding hydrogens is 388 g/mol. The zero-order chi connectivity index (χ0) is 22.0. The van der Waals surface area contributed by atoms with Crippen LogP contribution < -0.4 is 5.32 Å². The molecule has 1 amide bonds. The molecule has 31 heavy (non-hydrogen) atoms. The molecule has 0 heterocycles. The van der Waals surface area contributed by atoms with Crippen molar-refractivity contribution in [3.05, 3.63) is 93.5 Å². The van der Waals surface area contributed by atoms with Crippen LogP contribution in [0.1, 0.15) is 42.9 Å². The SMILES string of the molecule is CC=Cc1cc2c(cc1-c1ccc([N+](=O)[O-])cc1)-c1ccccc1C2C(=O)NCCC. The van der Waals surface area contributed by atoms with Gasteiger partial charge in [-0.25, -0.2) is 0 Å². The van der Waals surface area contributed by atoms with Crippen LogP contribution in [0.25, 0.3) is 28.3 Å². The van der Waals surface area contributed by atoms with Gasteiger partial charge in [0.1, 0.15) is 0 Å². The number of allylic oxidation sites excluding steroid dienone is 1. The Bertz CT molecular complexity index is 1180. The fraction of sp³-hybridized carbons (Fsp3) is 0.192. The summed E-state index contributed by atoms with van der Waals surface area (Å²) >= 11 is 0. The van der Waals surface area contributed by atoms with Crippen molar-refractivity contribution in [3.63, 3.8) is 0 Å². The summed E-state index contributed by atoms with van der Waals surface area (Å²) in [5.74, 6) is -0.324. The Morgan fingerprint density at radius 2 is 1.77 bits per heavy atom. The van der Waals surface area contributed by atoms with Crippen LogP contribution in [0.15, 0.2) is 66.7 Å². The van der Waals surface area contributed by atoms with Crippen LogP contribution in [0.5, 0.6) is 0 Å². The number of nitrogens with one attached hydrogen (secondary N) is 1. The molecule has 4 rings (SSSR count). The average Bonchev–Trinajstić information content (AvgIpc) is 3.10. The highest BCUT2D eigenvalue weighted by Gasteiger charge is 2.34. The molecule has 0 radical (unpaired) electrons. The highest BCUT2D eigenvalue weighted by atomic mass is 16.6. The third-order valence-corrected chi connectivity index (χ3v) is 5.64. The highest BCUT2D eigenvalue weighted by Crippen LogP contribution is 2.47. The molecule has 1 N–H and O–H groups in total. The van der Waals surface area contributed by atoms with Crippen LogP contribution in [0.3, 0.4) is 0 Å². The number of carbonyl (C=O) groups excluding carboxylic acids is 1. The van der Waals surface area contributed by atoms with E-state index in [1.54, 1.807) is 12.1 Å². The molecule has 5 heteroatoms. The molecule has 0 fully saturated rings. The number of amides is 1. The summed E-state index contributed by atoms with van der Waals surface area (Å²) in [4.78, 5) is 23.7. The lowest BCUT2D eigenvalue weighted by molar-refractivity contribution is -0.384. The van der Waals surface area contributed by atoms with Crippen molar-refractivity contribution in [3.8, 4) is 22.3 Å². The monoisotopic (exact) mass is 412 g/mol. The largest absolute Gasteiger partial charge is 0.355 e. The topological polar surface area (TPSA) is 72.2 Å². The maximum Gasteiger partial charge on any atom is 0.269 e. The molecule has 0 saturated heterocycles. The number of benzene rings is 3.